The fraction of sp³-hybridized carbons (Fsp3) is 0.280. The maximum absolute atomic E-state index is 2.33. The molecule has 0 saturated carbocycles. The lowest BCUT2D eigenvalue weighted by molar-refractivity contribution is 0.802. The summed E-state index contributed by atoms with van der Waals surface area (Å²) in [6, 6.07) is 28.9. The van der Waals surface area contributed by atoms with Gasteiger partial charge in [0.15, 0.2) is 0 Å². The molecule has 3 aromatic carbocycles. The van der Waals surface area contributed by atoms with Gasteiger partial charge in [-0.15, -0.1) is 0 Å². The lowest BCUT2D eigenvalue weighted by Crippen LogP contribution is -2.10. The van der Waals surface area contributed by atoms with Crippen LogP contribution in [0.2, 0.25) is 0 Å². The van der Waals surface area contributed by atoms with E-state index in [9.17, 15) is 0 Å². The standard InChI is InChI=1S/C25H29P/c1-18(2)22-16-11-17-23(19(3)4)24(22)25(20-12-7-5-8-13-20)26-21-14-9-6-10-15-21/h5-19,25-26H,1-4H3. The van der Waals surface area contributed by atoms with Gasteiger partial charge in [0.2, 0.25) is 0 Å². The van der Waals surface area contributed by atoms with Crippen molar-refractivity contribution in [1.29, 1.82) is 0 Å². The fourth-order valence-corrected chi connectivity index (χ4v) is 5.17. The van der Waals surface area contributed by atoms with Gasteiger partial charge >= 0.3 is 0 Å². The molecule has 26 heavy (non-hydrogen) atoms. The number of rotatable bonds is 6. The molecule has 2 unspecified atom stereocenters. The van der Waals surface area contributed by atoms with Crippen LogP contribution in [0.15, 0.2) is 78.9 Å². The van der Waals surface area contributed by atoms with Gasteiger partial charge in [-0.3, -0.25) is 0 Å². The third kappa shape index (κ3) is 4.25. The van der Waals surface area contributed by atoms with E-state index in [1.807, 2.05) is 0 Å². The average molecular weight is 360 g/mol. The van der Waals surface area contributed by atoms with Gasteiger partial charge < -0.3 is 0 Å². The van der Waals surface area contributed by atoms with Crippen molar-refractivity contribution >= 4 is 13.9 Å². The van der Waals surface area contributed by atoms with Crippen LogP contribution in [0.1, 0.15) is 67.4 Å². The second-order valence-corrected chi connectivity index (χ2v) is 8.96. The Balaban J connectivity index is 2.19. The molecule has 3 aromatic rings. The smallest absolute Gasteiger partial charge is 0.0310 e. The van der Waals surface area contributed by atoms with Crippen molar-refractivity contribution in [3.05, 3.63) is 101 Å². The summed E-state index contributed by atoms with van der Waals surface area (Å²) in [6.07, 6.45) is 0. The summed E-state index contributed by atoms with van der Waals surface area (Å²) in [4.78, 5) is 0. The maximum atomic E-state index is 2.33. The summed E-state index contributed by atoms with van der Waals surface area (Å²) in [5, 5.41) is 1.43. The highest BCUT2D eigenvalue weighted by molar-refractivity contribution is 7.47. The molecule has 0 N–H and O–H groups in total. The molecule has 0 nitrogen and oxygen atoms in total. The topological polar surface area (TPSA) is 0 Å². The van der Waals surface area contributed by atoms with Crippen LogP contribution in [-0.4, -0.2) is 0 Å². The Morgan fingerprint density at radius 1 is 0.577 bits per heavy atom. The van der Waals surface area contributed by atoms with Crippen LogP contribution in [0.25, 0.3) is 0 Å². The molecule has 0 fully saturated rings. The second-order valence-electron chi connectivity index (χ2n) is 7.51. The van der Waals surface area contributed by atoms with Crippen LogP contribution < -0.4 is 5.30 Å². The highest BCUT2D eigenvalue weighted by Crippen LogP contribution is 2.45. The summed E-state index contributed by atoms with van der Waals surface area (Å²) >= 11 is 0. The highest BCUT2D eigenvalue weighted by atomic mass is 31.1. The predicted octanol–water partition coefficient (Wildman–Crippen LogP) is 7.03. The molecule has 1 heteroatoms. The summed E-state index contributed by atoms with van der Waals surface area (Å²) < 4.78 is 0. The first-order chi connectivity index (χ1) is 12.6. The largest absolute Gasteiger partial charge is 0.0781 e. The van der Waals surface area contributed by atoms with Gasteiger partial charge in [0.25, 0.3) is 0 Å². The van der Waals surface area contributed by atoms with E-state index in [0.29, 0.717) is 17.5 Å². The summed E-state index contributed by atoms with van der Waals surface area (Å²) in [6.45, 7) is 9.26. The van der Waals surface area contributed by atoms with Crippen molar-refractivity contribution in [3.8, 4) is 0 Å². The summed E-state index contributed by atoms with van der Waals surface area (Å²) in [5.74, 6) is 1.05. The van der Waals surface area contributed by atoms with Crippen LogP contribution in [0, 0.1) is 0 Å². The molecule has 0 bridgehead atoms. The van der Waals surface area contributed by atoms with Crippen molar-refractivity contribution in [2.45, 2.75) is 45.2 Å². The molecular weight excluding hydrogens is 331 g/mol. The Kier molecular flexibility index (Phi) is 6.28. The monoisotopic (exact) mass is 360 g/mol. The second kappa shape index (κ2) is 8.65. The summed E-state index contributed by atoms with van der Waals surface area (Å²) in [7, 11) is 0.729. The molecule has 0 saturated heterocycles. The van der Waals surface area contributed by atoms with Crippen LogP contribution >= 0.6 is 8.58 Å². The fourth-order valence-electron chi connectivity index (χ4n) is 3.61. The molecule has 0 aliphatic heterocycles. The lowest BCUT2D eigenvalue weighted by Gasteiger charge is -2.27. The molecular formula is C25H29P. The minimum Gasteiger partial charge on any atom is -0.0781 e. The van der Waals surface area contributed by atoms with Crippen molar-refractivity contribution in [2.24, 2.45) is 0 Å². The first-order valence-corrected chi connectivity index (χ1v) is 10.6. The highest BCUT2D eigenvalue weighted by Gasteiger charge is 2.23. The number of hydrogen-bond acceptors (Lipinski definition) is 0. The number of benzene rings is 3. The first kappa shape index (κ1) is 18.9. The van der Waals surface area contributed by atoms with Gasteiger partial charge in [-0.1, -0.05) is 115 Å². The minimum absolute atomic E-state index is 0.412. The third-order valence-corrected chi connectivity index (χ3v) is 6.50. The molecule has 0 amide bonds. The van der Waals surface area contributed by atoms with Crippen LogP contribution in [-0.2, 0) is 0 Å². The Hall–Kier alpha value is -1.91. The van der Waals surface area contributed by atoms with E-state index >= 15 is 0 Å². The van der Waals surface area contributed by atoms with E-state index in [2.05, 4.69) is 107 Å². The molecule has 0 heterocycles. The van der Waals surface area contributed by atoms with Crippen molar-refractivity contribution in [3.63, 3.8) is 0 Å². The van der Waals surface area contributed by atoms with Crippen molar-refractivity contribution in [2.75, 3.05) is 0 Å². The molecule has 0 radical (unpaired) electrons. The Labute approximate surface area is 160 Å². The van der Waals surface area contributed by atoms with Gasteiger partial charge in [-0.2, -0.15) is 0 Å². The van der Waals surface area contributed by atoms with E-state index in [1.54, 1.807) is 5.56 Å². The molecule has 3 rings (SSSR count). The molecule has 2 atom stereocenters. The maximum Gasteiger partial charge on any atom is 0.0310 e. The van der Waals surface area contributed by atoms with Gasteiger partial charge in [0, 0.05) is 5.66 Å². The molecule has 0 spiro atoms. The van der Waals surface area contributed by atoms with Crippen molar-refractivity contribution < 1.29 is 0 Å². The predicted molar refractivity (Wildman–Crippen MR) is 117 cm³/mol. The lowest BCUT2D eigenvalue weighted by atomic mass is 9.85. The SMILES string of the molecule is CC(C)c1cccc(C(C)C)c1C(Pc1ccccc1)c1ccccc1. The van der Waals surface area contributed by atoms with Crippen LogP contribution in [0.5, 0.6) is 0 Å². The van der Waals surface area contributed by atoms with Crippen molar-refractivity contribution in [1.82, 2.24) is 0 Å². The normalized spacial score (nSPS) is 13.0. The minimum atomic E-state index is 0.412. The van der Waals surface area contributed by atoms with Crippen LogP contribution in [0.3, 0.4) is 0 Å². The molecule has 134 valence electrons. The van der Waals surface area contributed by atoms with E-state index in [0.717, 1.165) is 8.58 Å². The number of hydrogen-bond donors (Lipinski definition) is 0. The van der Waals surface area contributed by atoms with Gasteiger partial charge in [0.05, 0.1) is 0 Å². The van der Waals surface area contributed by atoms with Gasteiger partial charge in [0.1, 0.15) is 0 Å². The van der Waals surface area contributed by atoms with Gasteiger partial charge in [-0.25, -0.2) is 0 Å². The first-order valence-electron chi connectivity index (χ1n) is 9.57. The zero-order valence-corrected chi connectivity index (χ0v) is 17.2. The van der Waals surface area contributed by atoms with Gasteiger partial charge in [-0.05, 0) is 39.4 Å². The average Bonchev–Trinajstić information content (AvgIpc) is 2.67. The third-order valence-electron chi connectivity index (χ3n) is 4.92. The summed E-state index contributed by atoms with van der Waals surface area (Å²) in [5.41, 5.74) is 6.37. The van der Waals surface area contributed by atoms with E-state index in [4.69, 9.17) is 0 Å². The van der Waals surface area contributed by atoms with E-state index < -0.39 is 0 Å². The zero-order valence-electron chi connectivity index (χ0n) is 16.2. The molecule has 0 aliphatic rings. The molecule has 0 aliphatic carbocycles. The Bertz CT molecular complexity index is 793. The quantitative estimate of drug-likeness (QED) is 0.414. The molecule has 0 aromatic heterocycles. The van der Waals surface area contributed by atoms with E-state index in [1.165, 1.54) is 22.0 Å². The zero-order chi connectivity index (χ0) is 18.5. The van der Waals surface area contributed by atoms with E-state index in [-0.39, 0.29) is 0 Å². The Morgan fingerprint density at radius 2 is 1.08 bits per heavy atom. The van der Waals surface area contributed by atoms with Crippen LogP contribution in [0.4, 0.5) is 0 Å². The Morgan fingerprint density at radius 3 is 1.58 bits per heavy atom.